The Morgan fingerprint density at radius 2 is 2.06 bits per heavy atom. The smallest absolute Gasteiger partial charge is 0.0762 e. The third-order valence-corrected chi connectivity index (χ3v) is 4.76. The van der Waals surface area contributed by atoms with Crippen LogP contribution in [0.3, 0.4) is 0 Å². The van der Waals surface area contributed by atoms with Crippen molar-refractivity contribution in [1.29, 1.82) is 0 Å². The van der Waals surface area contributed by atoms with Gasteiger partial charge in [-0.1, -0.05) is 13.8 Å². The van der Waals surface area contributed by atoms with Crippen LogP contribution in [0.25, 0.3) is 0 Å². The molecule has 3 nitrogen and oxygen atoms in total. The Bertz CT molecular complexity index is 394. The molecule has 1 N–H and O–H groups in total. The van der Waals surface area contributed by atoms with E-state index in [1.54, 1.807) is 0 Å². The van der Waals surface area contributed by atoms with E-state index in [-0.39, 0.29) is 0 Å². The molecule has 0 bridgehead atoms. The Hall–Kier alpha value is -0.830. The molecule has 1 heterocycles. The summed E-state index contributed by atoms with van der Waals surface area (Å²) in [5.74, 6) is 1.72. The van der Waals surface area contributed by atoms with Crippen molar-refractivity contribution in [3.05, 3.63) is 18.0 Å². The number of hydrogen-bond acceptors (Lipinski definition) is 2. The lowest BCUT2D eigenvalue weighted by Crippen LogP contribution is -2.24. The first-order valence-electron chi connectivity index (χ1n) is 7.50. The van der Waals surface area contributed by atoms with E-state index >= 15 is 0 Å². The van der Waals surface area contributed by atoms with Gasteiger partial charge in [0.2, 0.25) is 0 Å². The van der Waals surface area contributed by atoms with Gasteiger partial charge in [-0.2, -0.15) is 5.10 Å². The Morgan fingerprint density at radius 3 is 2.78 bits per heavy atom. The van der Waals surface area contributed by atoms with E-state index in [0.29, 0.717) is 6.04 Å². The van der Waals surface area contributed by atoms with Crippen molar-refractivity contribution in [3.8, 4) is 0 Å². The Kier molecular flexibility index (Phi) is 3.42. The maximum atomic E-state index is 4.75. The zero-order valence-corrected chi connectivity index (χ0v) is 11.6. The third kappa shape index (κ3) is 2.77. The van der Waals surface area contributed by atoms with Crippen molar-refractivity contribution in [1.82, 2.24) is 15.1 Å². The molecule has 0 amide bonds. The SMILES string of the molecule is CC1CCC(n2ccc(CNC3CC3)n2)CC1C. The van der Waals surface area contributed by atoms with Gasteiger partial charge in [0.15, 0.2) is 0 Å². The van der Waals surface area contributed by atoms with Crippen molar-refractivity contribution in [3.63, 3.8) is 0 Å². The molecule has 1 aromatic heterocycles. The second-order valence-electron chi connectivity index (χ2n) is 6.36. The summed E-state index contributed by atoms with van der Waals surface area (Å²) in [6.07, 6.45) is 8.80. The topological polar surface area (TPSA) is 29.9 Å². The zero-order chi connectivity index (χ0) is 12.5. The third-order valence-electron chi connectivity index (χ3n) is 4.76. The van der Waals surface area contributed by atoms with Gasteiger partial charge in [0.25, 0.3) is 0 Å². The maximum Gasteiger partial charge on any atom is 0.0762 e. The molecule has 1 aromatic rings. The first-order valence-corrected chi connectivity index (χ1v) is 7.50. The van der Waals surface area contributed by atoms with Crippen LogP contribution in [-0.2, 0) is 6.54 Å². The lowest BCUT2D eigenvalue weighted by atomic mass is 9.79. The lowest BCUT2D eigenvalue weighted by Gasteiger charge is -2.32. The van der Waals surface area contributed by atoms with Crippen molar-refractivity contribution in [2.75, 3.05) is 0 Å². The average molecular weight is 247 g/mol. The monoisotopic (exact) mass is 247 g/mol. The summed E-state index contributed by atoms with van der Waals surface area (Å²) in [4.78, 5) is 0. The normalized spacial score (nSPS) is 32.7. The molecule has 2 saturated carbocycles. The fourth-order valence-electron chi connectivity index (χ4n) is 2.97. The van der Waals surface area contributed by atoms with E-state index in [0.717, 1.165) is 24.4 Å². The molecule has 3 heteroatoms. The summed E-state index contributed by atoms with van der Waals surface area (Å²) in [7, 11) is 0. The van der Waals surface area contributed by atoms with Gasteiger partial charge < -0.3 is 5.32 Å². The summed E-state index contributed by atoms with van der Waals surface area (Å²) in [6, 6.07) is 3.58. The van der Waals surface area contributed by atoms with Gasteiger partial charge in [-0.05, 0) is 50.0 Å². The molecular formula is C15H25N3. The van der Waals surface area contributed by atoms with Crippen molar-refractivity contribution >= 4 is 0 Å². The van der Waals surface area contributed by atoms with Crippen LogP contribution < -0.4 is 5.32 Å². The number of nitrogens with one attached hydrogen (secondary N) is 1. The first kappa shape index (κ1) is 12.2. The number of aromatic nitrogens is 2. The molecule has 0 saturated heterocycles. The van der Waals surface area contributed by atoms with Crippen molar-refractivity contribution in [2.45, 2.75) is 64.6 Å². The van der Waals surface area contributed by atoms with Crippen LogP contribution in [0.1, 0.15) is 57.7 Å². The largest absolute Gasteiger partial charge is 0.308 e. The number of hydrogen-bond donors (Lipinski definition) is 1. The van der Waals surface area contributed by atoms with Gasteiger partial charge in [-0.25, -0.2) is 0 Å². The van der Waals surface area contributed by atoms with Gasteiger partial charge >= 0.3 is 0 Å². The van der Waals surface area contributed by atoms with E-state index in [2.05, 4.69) is 36.1 Å². The van der Waals surface area contributed by atoms with E-state index in [1.165, 1.54) is 37.8 Å². The first-order chi connectivity index (χ1) is 8.72. The molecule has 18 heavy (non-hydrogen) atoms. The number of nitrogens with zero attached hydrogens (tertiary/aromatic N) is 2. The predicted octanol–water partition coefficient (Wildman–Crippen LogP) is 3.13. The molecule has 3 atom stereocenters. The molecule has 2 aliphatic carbocycles. The van der Waals surface area contributed by atoms with Gasteiger partial charge in [0.05, 0.1) is 11.7 Å². The standard InChI is InChI=1S/C15H25N3/c1-11-3-6-15(9-12(11)2)18-8-7-14(17-18)10-16-13-4-5-13/h7-8,11-13,15-16H,3-6,9-10H2,1-2H3. The van der Waals surface area contributed by atoms with E-state index in [1.807, 2.05) is 0 Å². The average Bonchev–Trinajstić information content (AvgIpc) is 3.08. The van der Waals surface area contributed by atoms with Crippen LogP contribution in [0, 0.1) is 11.8 Å². The van der Waals surface area contributed by atoms with Gasteiger partial charge in [-0.3, -0.25) is 4.68 Å². The molecule has 0 aromatic carbocycles. The quantitative estimate of drug-likeness (QED) is 0.886. The second-order valence-corrected chi connectivity index (χ2v) is 6.36. The Labute approximate surface area is 110 Å². The number of rotatable bonds is 4. The van der Waals surface area contributed by atoms with Gasteiger partial charge in [0, 0.05) is 18.8 Å². The molecule has 3 rings (SSSR count). The predicted molar refractivity (Wildman–Crippen MR) is 73.3 cm³/mol. The summed E-state index contributed by atoms with van der Waals surface area (Å²) >= 11 is 0. The van der Waals surface area contributed by atoms with Gasteiger partial charge in [0.1, 0.15) is 0 Å². The Balaban J connectivity index is 1.58. The molecule has 2 aliphatic rings. The van der Waals surface area contributed by atoms with Crippen LogP contribution in [0.5, 0.6) is 0 Å². The molecular weight excluding hydrogens is 222 g/mol. The summed E-state index contributed by atoms with van der Waals surface area (Å²) in [5.41, 5.74) is 1.20. The minimum atomic E-state index is 0.630. The highest BCUT2D eigenvalue weighted by Gasteiger charge is 2.26. The fourth-order valence-corrected chi connectivity index (χ4v) is 2.97. The summed E-state index contributed by atoms with van der Waals surface area (Å²) < 4.78 is 2.21. The summed E-state index contributed by atoms with van der Waals surface area (Å²) in [5, 5.41) is 8.28. The van der Waals surface area contributed by atoms with E-state index in [4.69, 9.17) is 5.10 Å². The minimum Gasteiger partial charge on any atom is -0.308 e. The van der Waals surface area contributed by atoms with Crippen molar-refractivity contribution < 1.29 is 0 Å². The van der Waals surface area contributed by atoms with Crippen LogP contribution in [0.2, 0.25) is 0 Å². The van der Waals surface area contributed by atoms with Crippen LogP contribution in [-0.4, -0.2) is 15.8 Å². The molecule has 100 valence electrons. The highest BCUT2D eigenvalue weighted by atomic mass is 15.3. The highest BCUT2D eigenvalue weighted by Crippen LogP contribution is 2.35. The van der Waals surface area contributed by atoms with E-state index < -0.39 is 0 Å². The molecule has 0 aliphatic heterocycles. The Morgan fingerprint density at radius 1 is 1.22 bits per heavy atom. The molecule has 2 fully saturated rings. The van der Waals surface area contributed by atoms with E-state index in [9.17, 15) is 0 Å². The molecule has 0 spiro atoms. The second kappa shape index (κ2) is 5.04. The highest BCUT2D eigenvalue weighted by molar-refractivity contribution is 5.01. The zero-order valence-electron chi connectivity index (χ0n) is 11.6. The van der Waals surface area contributed by atoms with Crippen molar-refractivity contribution in [2.24, 2.45) is 11.8 Å². The molecule has 3 unspecified atom stereocenters. The fraction of sp³-hybridized carbons (Fsp3) is 0.800. The van der Waals surface area contributed by atoms with Gasteiger partial charge in [-0.15, -0.1) is 0 Å². The van der Waals surface area contributed by atoms with Crippen LogP contribution in [0.15, 0.2) is 12.3 Å². The van der Waals surface area contributed by atoms with Crippen LogP contribution in [0.4, 0.5) is 0 Å². The minimum absolute atomic E-state index is 0.630. The maximum absolute atomic E-state index is 4.75. The lowest BCUT2D eigenvalue weighted by molar-refractivity contribution is 0.200. The molecule has 0 radical (unpaired) electrons. The van der Waals surface area contributed by atoms with Crippen LogP contribution >= 0.6 is 0 Å². The summed E-state index contributed by atoms with van der Waals surface area (Å²) in [6.45, 7) is 5.71.